The van der Waals surface area contributed by atoms with Crippen LogP contribution in [0.2, 0.25) is 0 Å². The number of imidazole rings is 1. The van der Waals surface area contributed by atoms with Gasteiger partial charge in [0.1, 0.15) is 22.8 Å². The van der Waals surface area contributed by atoms with Crippen LogP contribution in [0.1, 0.15) is 11.3 Å². The first-order valence-electron chi connectivity index (χ1n) is 8.11. The molecular weight excluding hydrogens is 351 g/mol. The summed E-state index contributed by atoms with van der Waals surface area (Å²) in [5.41, 5.74) is 2.58. The number of hydrogen-bond donors (Lipinski definition) is 1. The number of aryl methyl sites for hydroxylation is 1. The lowest BCUT2D eigenvalue weighted by molar-refractivity contribution is 0.380. The zero-order valence-corrected chi connectivity index (χ0v) is 14.6. The summed E-state index contributed by atoms with van der Waals surface area (Å²) < 4.78 is 21.2. The molecule has 0 atom stereocenters. The van der Waals surface area contributed by atoms with Gasteiger partial charge in [-0.15, -0.1) is 5.10 Å². The molecule has 0 aliphatic heterocycles. The summed E-state index contributed by atoms with van der Waals surface area (Å²) in [7, 11) is 1.48. The Kier molecular flexibility index (Phi) is 4.11. The molecule has 0 radical (unpaired) electrons. The number of halogens is 1. The third-order valence-electron chi connectivity index (χ3n) is 4.10. The Morgan fingerprint density at radius 1 is 1.19 bits per heavy atom. The predicted molar refractivity (Wildman–Crippen MR) is 94.8 cm³/mol. The minimum Gasteiger partial charge on any atom is -0.508 e. The van der Waals surface area contributed by atoms with Gasteiger partial charge in [-0.25, -0.2) is 9.37 Å². The van der Waals surface area contributed by atoms with Gasteiger partial charge in [0.15, 0.2) is 11.5 Å². The topological polar surface area (TPSA) is 98.8 Å². The van der Waals surface area contributed by atoms with Crippen LogP contribution >= 0.6 is 0 Å². The summed E-state index contributed by atoms with van der Waals surface area (Å²) in [6.07, 6.45) is 1.56. The number of aromatic nitrogens is 6. The maximum absolute atomic E-state index is 14.3. The molecule has 0 aliphatic rings. The minimum absolute atomic E-state index is 0.133. The molecule has 4 rings (SSSR count). The lowest BCUT2D eigenvalue weighted by Gasteiger charge is -2.10. The molecule has 136 valence electrons. The maximum atomic E-state index is 14.3. The number of ether oxygens (including phenoxy) is 1. The first kappa shape index (κ1) is 16.8. The molecule has 0 unspecified atom stereocenters. The zero-order valence-electron chi connectivity index (χ0n) is 14.6. The third-order valence-corrected chi connectivity index (χ3v) is 4.10. The van der Waals surface area contributed by atoms with Crippen molar-refractivity contribution in [2.24, 2.45) is 0 Å². The molecule has 0 amide bonds. The van der Waals surface area contributed by atoms with Gasteiger partial charge >= 0.3 is 6.01 Å². The molecule has 0 saturated heterocycles. The molecule has 1 N–H and O–H groups in total. The summed E-state index contributed by atoms with van der Waals surface area (Å²) in [6.45, 7) is 1.93. The number of phenolic OH excluding ortho intramolecular Hbond substituents is 1. The quantitative estimate of drug-likeness (QED) is 0.592. The number of nitrogens with zero attached hydrogens (tertiary/aromatic N) is 6. The van der Waals surface area contributed by atoms with Crippen LogP contribution in [0.15, 0.2) is 36.5 Å². The van der Waals surface area contributed by atoms with E-state index in [-0.39, 0.29) is 18.3 Å². The van der Waals surface area contributed by atoms with Crippen LogP contribution in [0, 0.1) is 12.7 Å². The predicted octanol–water partition coefficient (Wildman–Crippen LogP) is 2.49. The SMILES string of the molecule is COc1nc(C)c2nc(-c3cccnn3)n(Cc3ccc(O)cc3F)c2n1. The number of hydrogen-bond acceptors (Lipinski definition) is 7. The Morgan fingerprint density at radius 3 is 2.74 bits per heavy atom. The molecule has 0 saturated carbocycles. The highest BCUT2D eigenvalue weighted by Crippen LogP contribution is 2.27. The van der Waals surface area contributed by atoms with Crippen LogP contribution in [0.3, 0.4) is 0 Å². The Balaban J connectivity index is 1.96. The first-order chi connectivity index (χ1) is 13.1. The molecule has 0 bridgehead atoms. The van der Waals surface area contributed by atoms with Gasteiger partial charge in [-0.3, -0.25) is 0 Å². The molecule has 0 fully saturated rings. The fourth-order valence-electron chi connectivity index (χ4n) is 2.80. The van der Waals surface area contributed by atoms with E-state index in [2.05, 4.69) is 25.1 Å². The summed E-state index contributed by atoms with van der Waals surface area (Å²) in [5.74, 6) is -0.184. The van der Waals surface area contributed by atoms with Crippen LogP contribution < -0.4 is 4.74 Å². The molecular formula is C18H15FN6O2. The van der Waals surface area contributed by atoms with E-state index in [0.717, 1.165) is 6.07 Å². The number of aromatic hydroxyl groups is 1. The van der Waals surface area contributed by atoms with Crippen molar-refractivity contribution in [2.45, 2.75) is 13.5 Å². The highest BCUT2D eigenvalue weighted by Gasteiger charge is 2.20. The third kappa shape index (κ3) is 3.03. The van der Waals surface area contributed by atoms with Gasteiger partial charge in [-0.1, -0.05) is 6.07 Å². The van der Waals surface area contributed by atoms with E-state index in [9.17, 15) is 9.50 Å². The average Bonchev–Trinajstić information content (AvgIpc) is 3.03. The van der Waals surface area contributed by atoms with Crippen molar-refractivity contribution in [1.82, 2.24) is 29.7 Å². The lowest BCUT2D eigenvalue weighted by Crippen LogP contribution is -2.06. The van der Waals surface area contributed by atoms with Gasteiger partial charge in [0, 0.05) is 17.8 Å². The standard InChI is InChI=1S/C18H15FN6O2/c1-10-15-17(23-18(21-10)27-2)25(9-11-5-6-12(26)8-13(11)19)16(22-15)14-4-3-7-20-24-14/h3-8,26H,9H2,1-2H3. The number of phenols is 1. The van der Waals surface area contributed by atoms with Crippen molar-refractivity contribution in [1.29, 1.82) is 0 Å². The Morgan fingerprint density at radius 2 is 2.04 bits per heavy atom. The van der Waals surface area contributed by atoms with E-state index in [0.29, 0.717) is 33.9 Å². The van der Waals surface area contributed by atoms with E-state index in [1.807, 2.05) is 0 Å². The van der Waals surface area contributed by atoms with Crippen molar-refractivity contribution in [3.8, 4) is 23.3 Å². The number of benzene rings is 1. The molecule has 0 spiro atoms. The largest absolute Gasteiger partial charge is 0.508 e. The summed E-state index contributed by atoms with van der Waals surface area (Å²) >= 11 is 0. The maximum Gasteiger partial charge on any atom is 0.318 e. The second-order valence-electron chi connectivity index (χ2n) is 5.87. The molecule has 3 heterocycles. The van der Waals surface area contributed by atoms with Gasteiger partial charge < -0.3 is 14.4 Å². The van der Waals surface area contributed by atoms with E-state index in [1.54, 1.807) is 29.8 Å². The van der Waals surface area contributed by atoms with E-state index >= 15 is 0 Å². The van der Waals surface area contributed by atoms with Crippen molar-refractivity contribution >= 4 is 11.2 Å². The van der Waals surface area contributed by atoms with Gasteiger partial charge in [0.25, 0.3) is 0 Å². The highest BCUT2D eigenvalue weighted by atomic mass is 19.1. The smallest absolute Gasteiger partial charge is 0.318 e. The van der Waals surface area contributed by atoms with Crippen molar-refractivity contribution in [2.75, 3.05) is 7.11 Å². The van der Waals surface area contributed by atoms with Crippen LogP contribution in [0.25, 0.3) is 22.7 Å². The molecule has 9 heteroatoms. The fourth-order valence-corrected chi connectivity index (χ4v) is 2.80. The first-order valence-corrected chi connectivity index (χ1v) is 8.11. The number of fused-ring (bicyclic) bond motifs is 1. The minimum atomic E-state index is -0.528. The van der Waals surface area contributed by atoms with Crippen molar-refractivity contribution < 1.29 is 14.2 Å². The zero-order chi connectivity index (χ0) is 19.0. The summed E-state index contributed by atoms with van der Waals surface area (Å²) in [4.78, 5) is 13.3. The van der Waals surface area contributed by atoms with E-state index in [4.69, 9.17) is 4.74 Å². The monoisotopic (exact) mass is 366 g/mol. The summed E-state index contributed by atoms with van der Waals surface area (Å²) in [5, 5.41) is 17.5. The molecule has 8 nitrogen and oxygen atoms in total. The Labute approximate surface area is 153 Å². The van der Waals surface area contributed by atoms with Crippen LogP contribution in [0.5, 0.6) is 11.8 Å². The van der Waals surface area contributed by atoms with Gasteiger partial charge in [0.05, 0.1) is 19.3 Å². The normalized spacial score (nSPS) is 11.1. The average molecular weight is 366 g/mol. The van der Waals surface area contributed by atoms with Crippen LogP contribution in [-0.2, 0) is 6.54 Å². The second kappa shape index (κ2) is 6.60. The van der Waals surface area contributed by atoms with Crippen LogP contribution in [-0.4, -0.2) is 41.9 Å². The molecule has 0 aliphatic carbocycles. The second-order valence-corrected chi connectivity index (χ2v) is 5.87. The molecule has 27 heavy (non-hydrogen) atoms. The summed E-state index contributed by atoms with van der Waals surface area (Å²) in [6, 6.07) is 7.71. The van der Waals surface area contributed by atoms with Crippen LogP contribution in [0.4, 0.5) is 4.39 Å². The van der Waals surface area contributed by atoms with Gasteiger partial charge in [0.2, 0.25) is 0 Å². The highest BCUT2D eigenvalue weighted by molar-refractivity contribution is 5.78. The van der Waals surface area contributed by atoms with Gasteiger partial charge in [-0.05, 0) is 25.1 Å². The fraction of sp³-hybridized carbons (Fsp3) is 0.167. The van der Waals surface area contributed by atoms with E-state index < -0.39 is 5.82 Å². The van der Waals surface area contributed by atoms with E-state index in [1.165, 1.54) is 19.2 Å². The molecule has 3 aromatic heterocycles. The molecule has 1 aromatic carbocycles. The van der Waals surface area contributed by atoms with Crippen molar-refractivity contribution in [3.05, 3.63) is 53.6 Å². The Bertz CT molecular complexity index is 1130. The lowest BCUT2D eigenvalue weighted by atomic mass is 10.2. The number of rotatable bonds is 4. The van der Waals surface area contributed by atoms with Crippen molar-refractivity contribution in [3.63, 3.8) is 0 Å². The Hall–Kier alpha value is -3.62. The number of methoxy groups -OCH3 is 1. The van der Waals surface area contributed by atoms with Gasteiger partial charge in [-0.2, -0.15) is 15.1 Å². The molecule has 4 aromatic rings.